The first kappa shape index (κ1) is 16.4. The second kappa shape index (κ2) is 7.04. The fraction of sp³-hybridized carbons (Fsp3) is 0.238. The highest BCUT2D eigenvalue weighted by molar-refractivity contribution is 5.91. The lowest BCUT2D eigenvalue weighted by Gasteiger charge is -2.04. The quantitative estimate of drug-likeness (QED) is 0.756. The highest BCUT2D eigenvalue weighted by atomic mass is 16.5. The number of aromatic nitrogens is 1. The monoisotopic (exact) mass is 348 g/mol. The maximum absolute atomic E-state index is 12.3. The summed E-state index contributed by atoms with van der Waals surface area (Å²) < 4.78 is 10.7. The van der Waals surface area contributed by atoms with Crippen molar-refractivity contribution in [3.05, 3.63) is 65.2 Å². The number of anilines is 1. The number of rotatable bonds is 5. The first-order chi connectivity index (χ1) is 12.7. The van der Waals surface area contributed by atoms with Crippen molar-refractivity contribution in [2.24, 2.45) is 0 Å². The molecule has 1 N–H and O–H groups in total. The maximum atomic E-state index is 12.3. The van der Waals surface area contributed by atoms with E-state index in [9.17, 15) is 4.79 Å². The summed E-state index contributed by atoms with van der Waals surface area (Å²) in [5.74, 6) is 1.14. The van der Waals surface area contributed by atoms with Crippen LogP contribution >= 0.6 is 0 Å². The third-order valence-electron chi connectivity index (χ3n) is 4.55. The first-order valence-electron chi connectivity index (χ1n) is 8.82. The van der Waals surface area contributed by atoms with Gasteiger partial charge in [0.2, 0.25) is 11.8 Å². The number of hydrogen-bond acceptors (Lipinski definition) is 4. The topological polar surface area (TPSA) is 64.4 Å². The van der Waals surface area contributed by atoms with E-state index in [0.29, 0.717) is 18.2 Å². The largest absolute Gasteiger partial charge is 0.493 e. The van der Waals surface area contributed by atoms with Gasteiger partial charge in [0.15, 0.2) is 0 Å². The molecule has 0 saturated carbocycles. The van der Waals surface area contributed by atoms with Crippen LogP contribution < -0.4 is 10.1 Å². The molecule has 4 rings (SSSR count). The zero-order chi connectivity index (χ0) is 17.9. The van der Waals surface area contributed by atoms with Crippen molar-refractivity contribution < 1.29 is 14.1 Å². The number of carbonyl (C=O) groups is 1. The molecule has 0 saturated heterocycles. The van der Waals surface area contributed by atoms with Crippen LogP contribution in [-0.4, -0.2) is 17.7 Å². The van der Waals surface area contributed by atoms with Gasteiger partial charge in [-0.25, -0.2) is 0 Å². The average Bonchev–Trinajstić information content (AvgIpc) is 3.30. The Labute approximate surface area is 152 Å². The molecule has 0 aliphatic carbocycles. The van der Waals surface area contributed by atoms with Crippen molar-refractivity contribution in [2.45, 2.75) is 26.2 Å². The SMILES string of the molecule is CCc1ccc(-c2cc(NC(=O)Cc3ccc4c(c3)CCO4)on2)cc1. The van der Waals surface area contributed by atoms with E-state index in [-0.39, 0.29) is 12.3 Å². The summed E-state index contributed by atoms with van der Waals surface area (Å²) in [5, 5.41) is 6.81. The van der Waals surface area contributed by atoms with Crippen LogP contribution in [0.2, 0.25) is 0 Å². The Bertz CT molecular complexity index is 929. The molecule has 0 bridgehead atoms. The Morgan fingerprint density at radius 2 is 1.92 bits per heavy atom. The number of hydrogen-bond donors (Lipinski definition) is 1. The molecule has 132 valence electrons. The molecule has 5 heteroatoms. The van der Waals surface area contributed by atoms with E-state index in [4.69, 9.17) is 9.26 Å². The average molecular weight is 348 g/mol. The van der Waals surface area contributed by atoms with Gasteiger partial charge in [-0.2, -0.15) is 0 Å². The molecule has 1 aliphatic heterocycles. The number of nitrogens with zero attached hydrogens (tertiary/aromatic N) is 1. The van der Waals surface area contributed by atoms with Gasteiger partial charge < -0.3 is 9.26 Å². The second-order valence-corrected chi connectivity index (χ2v) is 6.39. The minimum Gasteiger partial charge on any atom is -0.493 e. The molecule has 1 aliphatic rings. The fourth-order valence-corrected chi connectivity index (χ4v) is 3.10. The third-order valence-corrected chi connectivity index (χ3v) is 4.55. The molecule has 2 aromatic carbocycles. The van der Waals surface area contributed by atoms with Gasteiger partial charge in [0, 0.05) is 18.1 Å². The van der Waals surface area contributed by atoms with Crippen molar-refractivity contribution in [2.75, 3.05) is 11.9 Å². The van der Waals surface area contributed by atoms with Crippen LogP contribution in [-0.2, 0) is 24.1 Å². The second-order valence-electron chi connectivity index (χ2n) is 6.39. The van der Waals surface area contributed by atoms with Gasteiger partial charge in [0.05, 0.1) is 13.0 Å². The van der Waals surface area contributed by atoms with Crippen molar-refractivity contribution >= 4 is 11.8 Å². The number of fused-ring (bicyclic) bond motifs is 1. The molecule has 3 aromatic rings. The van der Waals surface area contributed by atoms with E-state index in [1.165, 1.54) is 5.56 Å². The maximum Gasteiger partial charge on any atom is 0.231 e. The van der Waals surface area contributed by atoms with E-state index in [0.717, 1.165) is 35.3 Å². The molecule has 0 unspecified atom stereocenters. The van der Waals surface area contributed by atoms with E-state index in [1.54, 1.807) is 6.07 Å². The zero-order valence-corrected chi connectivity index (χ0v) is 14.6. The Morgan fingerprint density at radius 1 is 1.12 bits per heavy atom. The summed E-state index contributed by atoms with van der Waals surface area (Å²) in [6, 6.07) is 15.8. The molecule has 5 nitrogen and oxygen atoms in total. The number of carbonyl (C=O) groups excluding carboxylic acids is 1. The van der Waals surface area contributed by atoms with Gasteiger partial charge in [0.1, 0.15) is 11.4 Å². The van der Waals surface area contributed by atoms with Crippen LogP contribution in [0.15, 0.2) is 53.1 Å². The van der Waals surface area contributed by atoms with Gasteiger partial charge in [-0.3, -0.25) is 10.1 Å². The van der Waals surface area contributed by atoms with Crippen LogP contribution in [0.25, 0.3) is 11.3 Å². The Balaban J connectivity index is 1.41. The molecule has 0 fully saturated rings. The van der Waals surface area contributed by atoms with E-state index >= 15 is 0 Å². The van der Waals surface area contributed by atoms with Crippen molar-refractivity contribution in [1.82, 2.24) is 5.16 Å². The number of nitrogens with one attached hydrogen (secondary N) is 1. The predicted octanol–water partition coefficient (Wildman–Crippen LogP) is 4.02. The molecule has 1 aromatic heterocycles. The highest BCUT2D eigenvalue weighted by Crippen LogP contribution is 2.26. The summed E-state index contributed by atoms with van der Waals surface area (Å²) in [4.78, 5) is 12.3. The lowest BCUT2D eigenvalue weighted by molar-refractivity contribution is -0.115. The Morgan fingerprint density at radius 3 is 2.73 bits per heavy atom. The highest BCUT2D eigenvalue weighted by Gasteiger charge is 2.14. The van der Waals surface area contributed by atoms with Crippen molar-refractivity contribution in [3.8, 4) is 17.0 Å². The lowest BCUT2D eigenvalue weighted by Crippen LogP contribution is -2.13. The number of aryl methyl sites for hydroxylation is 1. The van der Waals surface area contributed by atoms with Crippen molar-refractivity contribution in [3.63, 3.8) is 0 Å². The van der Waals surface area contributed by atoms with Crippen LogP contribution in [0.3, 0.4) is 0 Å². The van der Waals surface area contributed by atoms with E-state index in [1.807, 2.05) is 30.3 Å². The van der Waals surface area contributed by atoms with Gasteiger partial charge in [-0.1, -0.05) is 48.5 Å². The molecule has 2 heterocycles. The summed E-state index contributed by atoms with van der Waals surface area (Å²) in [5.41, 5.74) is 5.06. The predicted molar refractivity (Wildman–Crippen MR) is 99.3 cm³/mol. The molecule has 0 spiro atoms. The molecule has 1 amide bonds. The first-order valence-corrected chi connectivity index (χ1v) is 8.82. The van der Waals surface area contributed by atoms with Crippen LogP contribution in [0.1, 0.15) is 23.6 Å². The normalized spacial score (nSPS) is 12.5. The number of benzene rings is 2. The van der Waals surface area contributed by atoms with E-state index < -0.39 is 0 Å². The Hall–Kier alpha value is -3.08. The van der Waals surface area contributed by atoms with E-state index in [2.05, 4.69) is 29.5 Å². The third kappa shape index (κ3) is 3.47. The zero-order valence-electron chi connectivity index (χ0n) is 14.6. The van der Waals surface area contributed by atoms with Gasteiger partial charge in [0.25, 0.3) is 0 Å². The minimum absolute atomic E-state index is 0.132. The molecule has 0 radical (unpaired) electrons. The van der Waals surface area contributed by atoms with Crippen molar-refractivity contribution in [1.29, 1.82) is 0 Å². The van der Waals surface area contributed by atoms with Gasteiger partial charge >= 0.3 is 0 Å². The van der Waals surface area contributed by atoms with Crippen LogP contribution in [0.5, 0.6) is 5.75 Å². The minimum atomic E-state index is -0.132. The molecular weight excluding hydrogens is 328 g/mol. The molecule has 0 atom stereocenters. The summed E-state index contributed by atoms with van der Waals surface area (Å²) in [6.45, 7) is 2.83. The molecular formula is C21H20N2O3. The number of ether oxygens (including phenoxy) is 1. The summed E-state index contributed by atoms with van der Waals surface area (Å²) in [7, 11) is 0. The fourth-order valence-electron chi connectivity index (χ4n) is 3.10. The Kier molecular flexibility index (Phi) is 4.44. The standard InChI is InChI=1S/C21H20N2O3/c1-2-14-3-6-16(7-4-14)18-13-21(26-23-18)22-20(24)12-15-5-8-19-17(11-15)9-10-25-19/h3-8,11,13H,2,9-10,12H2,1H3,(H,22,24). The van der Waals surface area contributed by atoms with Crippen LogP contribution in [0, 0.1) is 0 Å². The lowest BCUT2D eigenvalue weighted by atomic mass is 10.1. The summed E-state index contributed by atoms with van der Waals surface area (Å²) >= 11 is 0. The van der Waals surface area contributed by atoms with Crippen LogP contribution in [0.4, 0.5) is 5.88 Å². The summed E-state index contributed by atoms with van der Waals surface area (Å²) in [6.07, 6.45) is 2.18. The molecule has 26 heavy (non-hydrogen) atoms. The number of amides is 1. The smallest absolute Gasteiger partial charge is 0.231 e. The van der Waals surface area contributed by atoms with Gasteiger partial charge in [-0.15, -0.1) is 0 Å². The van der Waals surface area contributed by atoms with Gasteiger partial charge in [-0.05, 0) is 29.2 Å².